The third kappa shape index (κ3) is 4.10. The molecule has 0 saturated heterocycles. The lowest BCUT2D eigenvalue weighted by atomic mass is 10.0. The van der Waals surface area contributed by atoms with Gasteiger partial charge >= 0.3 is 0 Å². The lowest BCUT2D eigenvalue weighted by molar-refractivity contribution is 0.795. The van der Waals surface area contributed by atoms with Gasteiger partial charge in [0.15, 0.2) is 0 Å². The second-order valence-corrected chi connectivity index (χ2v) is 6.08. The van der Waals surface area contributed by atoms with Gasteiger partial charge in [-0.05, 0) is 54.2 Å². The molecule has 2 aromatic carbocycles. The van der Waals surface area contributed by atoms with Gasteiger partial charge in [-0.2, -0.15) is 0 Å². The van der Waals surface area contributed by atoms with Gasteiger partial charge in [0.25, 0.3) is 0 Å². The SMILES string of the molecule is CCCCc1cccc(N(C)c2cccc(C(C)C)c2)c1. The highest BCUT2D eigenvalue weighted by Gasteiger charge is 2.07. The van der Waals surface area contributed by atoms with Crippen molar-refractivity contribution < 1.29 is 0 Å². The van der Waals surface area contributed by atoms with Crippen molar-refractivity contribution in [3.05, 3.63) is 59.7 Å². The number of unbranched alkanes of at least 4 members (excludes halogenated alkanes) is 1. The van der Waals surface area contributed by atoms with Crippen LogP contribution in [-0.2, 0) is 6.42 Å². The summed E-state index contributed by atoms with van der Waals surface area (Å²) >= 11 is 0. The van der Waals surface area contributed by atoms with Crippen molar-refractivity contribution >= 4 is 11.4 Å². The minimum absolute atomic E-state index is 0.564. The summed E-state index contributed by atoms with van der Waals surface area (Å²) in [7, 11) is 2.15. The average molecular weight is 281 g/mol. The van der Waals surface area contributed by atoms with Crippen molar-refractivity contribution in [2.75, 3.05) is 11.9 Å². The molecule has 2 rings (SSSR count). The Morgan fingerprint density at radius 1 is 0.952 bits per heavy atom. The van der Waals surface area contributed by atoms with Gasteiger partial charge in [0.05, 0.1) is 0 Å². The smallest absolute Gasteiger partial charge is 0.0410 e. The molecule has 0 amide bonds. The zero-order valence-electron chi connectivity index (χ0n) is 13.8. The van der Waals surface area contributed by atoms with Crippen molar-refractivity contribution in [2.45, 2.75) is 46.0 Å². The van der Waals surface area contributed by atoms with Crippen molar-refractivity contribution in [2.24, 2.45) is 0 Å². The zero-order valence-corrected chi connectivity index (χ0v) is 13.8. The molecule has 0 aromatic heterocycles. The van der Waals surface area contributed by atoms with Gasteiger partial charge in [0, 0.05) is 18.4 Å². The van der Waals surface area contributed by atoms with Crippen LogP contribution in [0.15, 0.2) is 48.5 Å². The second-order valence-electron chi connectivity index (χ2n) is 6.08. The van der Waals surface area contributed by atoms with Crippen LogP contribution in [0.2, 0.25) is 0 Å². The molecular weight excluding hydrogens is 254 g/mol. The summed E-state index contributed by atoms with van der Waals surface area (Å²) in [5.41, 5.74) is 5.35. The van der Waals surface area contributed by atoms with E-state index in [0.29, 0.717) is 5.92 Å². The van der Waals surface area contributed by atoms with E-state index in [1.807, 2.05) is 0 Å². The van der Waals surface area contributed by atoms with Crippen LogP contribution in [0.4, 0.5) is 11.4 Å². The van der Waals surface area contributed by atoms with Gasteiger partial charge in [0.1, 0.15) is 0 Å². The summed E-state index contributed by atoms with van der Waals surface area (Å²) in [6.07, 6.45) is 3.68. The Morgan fingerprint density at radius 2 is 1.62 bits per heavy atom. The predicted octanol–water partition coefficient (Wildman–Crippen LogP) is 5.92. The Bertz CT molecular complexity index is 572. The molecule has 0 heterocycles. The quantitative estimate of drug-likeness (QED) is 0.635. The minimum atomic E-state index is 0.564. The number of anilines is 2. The Hall–Kier alpha value is -1.76. The summed E-state index contributed by atoms with van der Waals surface area (Å²) in [4.78, 5) is 2.28. The summed E-state index contributed by atoms with van der Waals surface area (Å²) in [5.74, 6) is 0.564. The monoisotopic (exact) mass is 281 g/mol. The van der Waals surface area contributed by atoms with Gasteiger partial charge in [-0.1, -0.05) is 51.5 Å². The molecule has 1 nitrogen and oxygen atoms in total. The van der Waals surface area contributed by atoms with E-state index in [9.17, 15) is 0 Å². The predicted molar refractivity (Wildman–Crippen MR) is 93.6 cm³/mol. The number of hydrogen-bond donors (Lipinski definition) is 0. The van der Waals surface area contributed by atoms with Crippen LogP contribution in [-0.4, -0.2) is 7.05 Å². The average Bonchev–Trinajstić information content (AvgIpc) is 2.52. The molecule has 112 valence electrons. The van der Waals surface area contributed by atoms with Gasteiger partial charge in [0.2, 0.25) is 0 Å². The Balaban J connectivity index is 2.23. The second kappa shape index (κ2) is 7.31. The molecular formula is C20H27N. The molecule has 1 heteroatoms. The number of nitrogens with zero attached hydrogens (tertiary/aromatic N) is 1. The normalized spacial score (nSPS) is 10.9. The van der Waals surface area contributed by atoms with Crippen molar-refractivity contribution in [1.82, 2.24) is 0 Å². The maximum Gasteiger partial charge on any atom is 0.0410 e. The Morgan fingerprint density at radius 3 is 2.29 bits per heavy atom. The van der Waals surface area contributed by atoms with Crippen LogP contribution in [0, 0.1) is 0 Å². The van der Waals surface area contributed by atoms with E-state index in [4.69, 9.17) is 0 Å². The van der Waals surface area contributed by atoms with Crippen molar-refractivity contribution in [3.63, 3.8) is 0 Å². The highest BCUT2D eigenvalue weighted by molar-refractivity contribution is 5.63. The standard InChI is InChI=1S/C20H27N/c1-5-6-9-17-10-7-12-19(14-17)21(4)20-13-8-11-18(15-20)16(2)3/h7-8,10-16H,5-6,9H2,1-4H3. The fraction of sp³-hybridized carbons (Fsp3) is 0.400. The van der Waals surface area contributed by atoms with Crippen LogP contribution in [0.1, 0.15) is 50.7 Å². The summed E-state index contributed by atoms with van der Waals surface area (Å²) in [6.45, 7) is 6.72. The first-order chi connectivity index (χ1) is 10.1. The lowest BCUT2D eigenvalue weighted by Gasteiger charge is -2.21. The van der Waals surface area contributed by atoms with E-state index >= 15 is 0 Å². The van der Waals surface area contributed by atoms with E-state index in [-0.39, 0.29) is 0 Å². The molecule has 0 spiro atoms. The molecule has 0 unspecified atom stereocenters. The first-order valence-electron chi connectivity index (χ1n) is 8.04. The molecule has 0 N–H and O–H groups in total. The molecule has 2 aromatic rings. The fourth-order valence-corrected chi connectivity index (χ4v) is 2.54. The van der Waals surface area contributed by atoms with E-state index in [2.05, 4.69) is 81.2 Å². The highest BCUT2D eigenvalue weighted by atomic mass is 15.1. The molecule has 0 aliphatic rings. The van der Waals surface area contributed by atoms with Crippen LogP contribution in [0.3, 0.4) is 0 Å². The molecule has 0 aliphatic carbocycles. The highest BCUT2D eigenvalue weighted by Crippen LogP contribution is 2.27. The van der Waals surface area contributed by atoms with E-state index in [0.717, 1.165) is 0 Å². The summed E-state index contributed by atoms with van der Waals surface area (Å²) in [5, 5.41) is 0. The molecule has 0 aliphatic heterocycles. The van der Waals surface area contributed by atoms with Crippen LogP contribution in [0.25, 0.3) is 0 Å². The molecule has 0 radical (unpaired) electrons. The van der Waals surface area contributed by atoms with Crippen molar-refractivity contribution in [1.29, 1.82) is 0 Å². The van der Waals surface area contributed by atoms with E-state index in [1.165, 1.54) is 41.8 Å². The van der Waals surface area contributed by atoms with Crippen LogP contribution < -0.4 is 4.90 Å². The van der Waals surface area contributed by atoms with E-state index < -0.39 is 0 Å². The topological polar surface area (TPSA) is 3.24 Å². The molecule has 0 saturated carbocycles. The van der Waals surface area contributed by atoms with E-state index in [1.54, 1.807) is 0 Å². The van der Waals surface area contributed by atoms with Gasteiger partial charge in [-0.3, -0.25) is 0 Å². The van der Waals surface area contributed by atoms with Crippen LogP contribution >= 0.6 is 0 Å². The van der Waals surface area contributed by atoms with Crippen molar-refractivity contribution in [3.8, 4) is 0 Å². The summed E-state index contributed by atoms with van der Waals surface area (Å²) < 4.78 is 0. The first kappa shape index (κ1) is 15.6. The largest absolute Gasteiger partial charge is 0.345 e. The molecule has 0 bridgehead atoms. The maximum absolute atomic E-state index is 2.32. The Kier molecular flexibility index (Phi) is 5.44. The minimum Gasteiger partial charge on any atom is -0.345 e. The molecule has 0 atom stereocenters. The van der Waals surface area contributed by atoms with Gasteiger partial charge in [-0.15, -0.1) is 0 Å². The first-order valence-corrected chi connectivity index (χ1v) is 8.04. The van der Waals surface area contributed by atoms with Crippen LogP contribution in [0.5, 0.6) is 0 Å². The third-order valence-corrected chi connectivity index (χ3v) is 4.04. The fourth-order valence-electron chi connectivity index (χ4n) is 2.54. The summed E-state index contributed by atoms with van der Waals surface area (Å²) in [6, 6.07) is 17.8. The van der Waals surface area contributed by atoms with Gasteiger partial charge in [-0.25, -0.2) is 0 Å². The number of rotatable bonds is 6. The molecule has 0 fully saturated rings. The van der Waals surface area contributed by atoms with Gasteiger partial charge < -0.3 is 4.90 Å². The number of benzene rings is 2. The number of hydrogen-bond acceptors (Lipinski definition) is 1. The lowest BCUT2D eigenvalue weighted by Crippen LogP contribution is -2.10. The third-order valence-electron chi connectivity index (χ3n) is 4.04. The Labute approximate surface area is 129 Å². The zero-order chi connectivity index (χ0) is 15.2. The maximum atomic E-state index is 2.32. The molecule has 21 heavy (non-hydrogen) atoms. The number of aryl methyl sites for hydroxylation is 1.